The van der Waals surface area contributed by atoms with E-state index in [2.05, 4.69) is 26.0 Å². The van der Waals surface area contributed by atoms with E-state index in [0.717, 1.165) is 36.0 Å². The highest BCUT2D eigenvalue weighted by atomic mass is 14.3. The van der Waals surface area contributed by atoms with Crippen molar-refractivity contribution in [3.63, 3.8) is 0 Å². The third-order valence-corrected chi connectivity index (χ3v) is 7.13. The lowest BCUT2D eigenvalue weighted by Gasteiger charge is -2.45. The fourth-order valence-electron chi connectivity index (χ4n) is 5.95. The molecule has 118 valence electrons. The van der Waals surface area contributed by atoms with Gasteiger partial charge in [-0.05, 0) is 30.5 Å². The Morgan fingerprint density at radius 1 is 0.714 bits per heavy atom. The first-order valence-corrected chi connectivity index (χ1v) is 9.94. The Hall–Kier alpha value is -0.195. The van der Waals surface area contributed by atoms with Crippen molar-refractivity contribution in [3.8, 4) is 0 Å². The minimum atomic E-state index is 0.912. The van der Waals surface area contributed by atoms with Gasteiger partial charge in [0.2, 0.25) is 0 Å². The number of hydrogen-bond acceptors (Lipinski definition) is 0. The van der Waals surface area contributed by atoms with Gasteiger partial charge in [-0.2, -0.15) is 0 Å². The van der Waals surface area contributed by atoms with Crippen LogP contribution in [0, 0.1) is 11.8 Å². The van der Waals surface area contributed by atoms with Crippen LogP contribution in [0.3, 0.4) is 0 Å². The summed E-state index contributed by atoms with van der Waals surface area (Å²) in [6.45, 7) is 6.14. The molecule has 1 unspecified atom stereocenters. The maximum Gasteiger partial charge on any atom is 0.154 e. The molecule has 0 aliphatic heterocycles. The highest BCUT2D eigenvalue weighted by molar-refractivity contribution is 6.64. The quantitative estimate of drug-likeness (QED) is 0.397. The van der Waals surface area contributed by atoms with Gasteiger partial charge < -0.3 is 0 Å². The molecule has 0 nitrogen and oxygen atoms in total. The zero-order chi connectivity index (χ0) is 14.7. The molecule has 2 fully saturated rings. The van der Waals surface area contributed by atoms with Crippen molar-refractivity contribution in [2.45, 2.75) is 102 Å². The fourth-order valence-corrected chi connectivity index (χ4v) is 5.95. The highest BCUT2D eigenvalue weighted by Gasteiger charge is 2.43. The summed E-state index contributed by atoms with van der Waals surface area (Å²) in [5.41, 5.74) is 0. The van der Waals surface area contributed by atoms with Crippen LogP contribution in [0.1, 0.15) is 84.5 Å². The molecule has 0 amide bonds. The first-order valence-electron chi connectivity index (χ1n) is 9.94. The first kappa shape index (κ1) is 15.7. The molecule has 0 aromatic carbocycles. The molecule has 5 atom stereocenters. The van der Waals surface area contributed by atoms with Gasteiger partial charge >= 0.3 is 0 Å². The van der Waals surface area contributed by atoms with Gasteiger partial charge in [-0.15, -0.1) is 0 Å². The molecule has 0 bridgehead atoms. The molecule has 0 N–H and O–H groups in total. The second kappa shape index (κ2) is 7.38. The van der Waals surface area contributed by atoms with Crippen LogP contribution in [0.5, 0.6) is 0 Å². The van der Waals surface area contributed by atoms with Crippen molar-refractivity contribution in [3.05, 3.63) is 12.2 Å². The average Bonchev–Trinajstić information content (AvgIpc) is 2.52. The number of rotatable bonds is 3. The third kappa shape index (κ3) is 3.59. The van der Waals surface area contributed by atoms with Crippen LogP contribution >= 0.6 is 0 Å². The van der Waals surface area contributed by atoms with Gasteiger partial charge in [0.05, 0.1) is 0 Å². The van der Waals surface area contributed by atoms with E-state index in [1.54, 1.807) is 0 Å². The van der Waals surface area contributed by atoms with E-state index in [0.29, 0.717) is 0 Å². The lowest BCUT2D eigenvalue weighted by Crippen LogP contribution is -2.40. The molecule has 0 radical (unpaired) electrons. The van der Waals surface area contributed by atoms with Crippen molar-refractivity contribution < 1.29 is 0 Å². The van der Waals surface area contributed by atoms with Crippen LogP contribution in [-0.4, -0.2) is 6.71 Å². The Labute approximate surface area is 133 Å². The van der Waals surface area contributed by atoms with Gasteiger partial charge in [-0.1, -0.05) is 95.4 Å². The Bertz CT molecular complexity index is 326. The monoisotopic (exact) mass is 286 g/mol. The molecule has 2 saturated carbocycles. The first-order chi connectivity index (χ1) is 10.3. The van der Waals surface area contributed by atoms with Crippen LogP contribution in [0.2, 0.25) is 17.5 Å². The van der Waals surface area contributed by atoms with E-state index in [1.807, 2.05) is 0 Å². The molecule has 0 aromatic rings. The summed E-state index contributed by atoms with van der Waals surface area (Å²) in [5.74, 6) is 4.92. The van der Waals surface area contributed by atoms with Crippen molar-refractivity contribution in [1.29, 1.82) is 0 Å². The summed E-state index contributed by atoms with van der Waals surface area (Å²) in [4.78, 5) is 0. The van der Waals surface area contributed by atoms with E-state index >= 15 is 0 Å². The lowest BCUT2D eigenvalue weighted by atomic mass is 9.22. The zero-order valence-corrected chi connectivity index (χ0v) is 14.4. The highest BCUT2D eigenvalue weighted by Crippen LogP contribution is 2.51. The van der Waals surface area contributed by atoms with Gasteiger partial charge in [0.1, 0.15) is 0 Å². The molecule has 3 aliphatic rings. The fraction of sp³-hybridized carbons (Fsp3) is 0.900. The molecule has 0 heterocycles. The van der Waals surface area contributed by atoms with Crippen molar-refractivity contribution in [2.24, 2.45) is 11.8 Å². The maximum absolute atomic E-state index is 2.64. The Morgan fingerprint density at radius 3 is 1.76 bits per heavy atom. The smallest absolute Gasteiger partial charge is 0.0926 e. The van der Waals surface area contributed by atoms with Crippen molar-refractivity contribution >= 4 is 6.71 Å². The SMILES string of the molecule is C[C@@H]1CCCC[C@H]1B(C1C=CCCC1)[C@H]1CCCC[C@@H]1C. The van der Waals surface area contributed by atoms with Crippen molar-refractivity contribution in [2.75, 3.05) is 0 Å². The normalized spacial score (nSPS) is 41.0. The number of hydrogen-bond donors (Lipinski definition) is 0. The van der Waals surface area contributed by atoms with Crippen LogP contribution < -0.4 is 0 Å². The summed E-state index contributed by atoms with van der Waals surface area (Å²) >= 11 is 0. The second-order valence-corrected chi connectivity index (χ2v) is 8.45. The summed E-state index contributed by atoms with van der Waals surface area (Å²) < 4.78 is 0. The standard InChI is InChI=1S/C20H35B/c1-16-10-6-8-14-19(16)21(18-12-4-3-5-13-18)20-15-9-7-11-17(20)2/h4,12,16-20H,3,5-11,13-15H2,1-2H3/t16-,17+,18?,19-,20+. The number of allylic oxidation sites excluding steroid dienone is 2. The van der Waals surface area contributed by atoms with Gasteiger partial charge in [-0.3, -0.25) is 0 Å². The zero-order valence-electron chi connectivity index (χ0n) is 14.4. The van der Waals surface area contributed by atoms with Gasteiger partial charge in [0.25, 0.3) is 0 Å². The topological polar surface area (TPSA) is 0 Å². The van der Waals surface area contributed by atoms with Crippen molar-refractivity contribution in [1.82, 2.24) is 0 Å². The summed E-state index contributed by atoms with van der Waals surface area (Å²) in [7, 11) is 0. The van der Waals surface area contributed by atoms with E-state index in [-0.39, 0.29) is 0 Å². The third-order valence-electron chi connectivity index (χ3n) is 7.13. The molecular formula is C20H35B. The second-order valence-electron chi connectivity index (χ2n) is 8.45. The predicted octanol–water partition coefficient (Wildman–Crippen LogP) is 6.75. The van der Waals surface area contributed by atoms with Crippen LogP contribution in [-0.2, 0) is 0 Å². The molecule has 1 heteroatoms. The van der Waals surface area contributed by atoms with Crippen LogP contribution in [0.4, 0.5) is 0 Å². The van der Waals surface area contributed by atoms with Gasteiger partial charge in [0.15, 0.2) is 6.71 Å². The Morgan fingerprint density at radius 2 is 1.29 bits per heavy atom. The summed E-state index contributed by atoms with van der Waals surface area (Å²) in [6, 6.07) is 0. The molecule has 3 rings (SSSR count). The van der Waals surface area contributed by atoms with E-state index in [9.17, 15) is 0 Å². The molecular weight excluding hydrogens is 251 g/mol. The van der Waals surface area contributed by atoms with E-state index < -0.39 is 0 Å². The Balaban J connectivity index is 1.82. The molecule has 21 heavy (non-hydrogen) atoms. The van der Waals surface area contributed by atoms with E-state index in [1.165, 1.54) is 70.6 Å². The minimum absolute atomic E-state index is 0.912. The summed E-state index contributed by atoms with van der Waals surface area (Å²) in [6.07, 6.45) is 21.4. The van der Waals surface area contributed by atoms with Gasteiger partial charge in [-0.25, -0.2) is 0 Å². The Kier molecular flexibility index (Phi) is 5.51. The average molecular weight is 286 g/mol. The largest absolute Gasteiger partial charge is 0.154 e. The molecule has 0 spiro atoms. The minimum Gasteiger partial charge on any atom is -0.0926 e. The lowest BCUT2D eigenvalue weighted by molar-refractivity contribution is 0.342. The molecule has 0 aromatic heterocycles. The summed E-state index contributed by atoms with van der Waals surface area (Å²) in [5, 5.41) is 0. The maximum atomic E-state index is 2.64. The molecule has 0 saturated heterocycles. The molecule has 3 aliphatic carbocycles. The predicted molar refractivity (Wildman–Crippen MR) is 95.3 cm³/mol. The van der Waals surface area contributed by atoms with Crippen LogP contribution in [0.25, 0.3) is 0 Å². The van der Waals surface area contributed by atoms with E-state index in [4.69, 9.17) is 0 Å². The van der Waals surface area contributed by atoms with Gasteiger partial charge in [0, 0.05) is 0 Å². The van der Waals surface area contributed by atoms with Crippen LogP contribution in [0.15, 0.2) is 12.2 Å².